The van der Waals surface area contributed by atoms with Gasteiger partial charge in [0, 0.05) is 6.54 Å². The predicted octanol–water partition coefficient (Wildman–Crippen LogP) is 2.25. The Bertz CT molecular complexity index is 491. The van der Waals surface area contributed by atoms with Crippen molar-refractivity contribution in [1.82, 2.24) is 9.55 Å². The van der Waals surface area contributed by atoms with E-state index in [1.165, 1.54) is 12.1 Å². The number of nitrogens with zero attached hydrogens (tertiary/aromatic N) is 2. The van der Waals surface area contributed by atoms with Gasteiger partial charge in [-0.25, -0.2) is 9.37 Å². The molecule has 0 bridgehead atoms. The third-order valence-electron chi connectivity index (χ3n) is 2.43. The number of imidazole rings is 1. The van der Waals surface area contributed by atoms with Crippen LogP contribution in [-0.2, 0) is 6.54 Å². The zero-order valence-electron chi connectivity index (χ0n) is 8.74. The molecule has 80 valence electrons. The molecule has 0 amide bonds. The zero-order chi connectivity index (χ0) is 11.0. The molecule has 0 aliphatic rings. The lowest BCUT2D eigenvalue weighted by atomic mass is 10.3. The van der Waals surface area contributed by atoms with Crippen LogP contribution in [0.5, 0.6) is 0 Å². The molecule has 1 N–H and O–H groups in total. The summed E-state index contributed by atoms with van der Waals surface area (Å²) in [5.74, 6) is 0.298. The molecule has 2 rings (SSSR count). The van der Waals surface area contributed by atoms with Gasteiger partial charge >= 0.3 is 0 Å². The molecule has 0 aliphatic carbocycles. The second kappa shape index (κ2) is 3.62. The van der Waals surface area contributed by atoms with Gasteiger partial charge in [0.15, 0.2) is 0 Å². The van der Waals surface area contributed by atoms with Gasteiger partial charge in [-0.2, -0.15) is 0 Å². The first-order valence-electron chi connectivity index (χ1n) is 4.97. The lowest BCUT2D eigenvalue weighted by molar-refractivity contribution is 0.184. The van der Waals surface area contributed by atoms with Crippen molar-refractivity contribution in [1.29, 1.82) is 0 Å². The Morgan fingerprint density at radius 2 is 2.27 bits per heavy atom. The van der Waals surface area contributed by atoms with Gasteiger partial charge in [-0.1, -0.05) is 0 Å². The summed E-state index contributed by atoms with van der Waals surface area (Å²) in [5.41, 5.74) is 1.45. The van der Waals surface area contributed by atoms with E-state index >= 15 is 0 Å². The smallest absolute Gasteiger partial charge is 0.138 e. The maximum absolute atomic E-state index is 13.1. The molecule has 2 aromatic rings. The third-order valence-corrected chi connectivity index (χ3v) is 2.43. The Morgan fingerprint density at radius 3 is 2.87 bits per heavy atom. The Kier molecular flexibility index (Phi) is 2.44. The average Bonchev–Trinajstić information content (AvgIpc) is 2.55. The molecule has 0 fully saturated rings. The quantitative estimate of drug-likeness (QED) is 0.822. The van der Waals surface area contributed by atoms with Crippen LogP contribution in [-0.4, -0.2) is 14.7 Å². The van der Waals surface area contributed by atoms with Gasteiger partial charge in [-0.15, -0.1) is 0 Å². The molecule has 1 atom stereocenters. The number of rotatable bonds is 2. The first-order chi connectivity index (χ1) is 7.13. The number of aliphatic hydroxyl groups is 1. The fourth-order valence-electron chi connectivity index (χ4n) is 1.77. The second-order valence-corrected chi connectivity index (χ2v) is 3.52. The van der Waals surface area contributed by atoms with Crippen molar-refractivity contribution in [2.75, 3.05) is 0 Å². The fourth-order valence-corrected chi connectivity index (χ4v) is 1.77. The number of aromatic nitrogens is 2. The molecule has 0 spiro atoms. The van der Waals surface area contributed by atoms with Crippen LogP contribution < -0.4 is 0 Å². The average molecular weight is 208 g/mol. The highest BCUT2D eigenvalue weighted by molar-refractivity contribution is 5.76. The normalized spacial score (nSPS) is 13.3. The molecule has 4 heteroatoms. The first-order valence-corrected chi connectivity index (χ1v) is 4.97. The number of hydrogen-bond donors (Lipinski definition) is 1. The number of benzene rings is 1. The highest BCUT2D eigenvalue weighted by Gasteiger charge is 2.13. The maximum atomic E-state index is 13.1. The Morgan fingerprint density at radius 1 is 1.53 bits per heavy atom. The molecule has 0 radical (unpaired) electrons. The van der Waals surface area contributed by atoms with Crippen LogP contribution in [0.25, 0.3) is 11.0 Å². The molecule has 0 aliphatic heterocycles. The van der Waals surface area contributed by atoms with Crippen molar-refractivity contribution in [3.63, 3.8) is 0 Å². The van der Waals surface area contributed by atoms with Gasteiger partial charge in [-0.05, 0) is 32.0 Å². The molecule has 0 saturated carbocycles. The standard InChI is InChI=1S/C11H13FN2O/c1-3-14-10-6-8(12)4-5-9(10)13-11(14)7(2)15/h4-7,15H,3H2,1-2H3. The summed E-state index contributed by atoms with van der Waals surface area (Å²) in [6, 6.07) is 4.45. The highest BCUT2D eigenvalue weighted by Crippen LogP contribution is 2.21. The van der Waals surface area contributed by atoms with E-state index in [1.54, 1.807) is 13.0 Å². The van der Waals surface area contributed by atoms with Crippen molar-refractivity contribution in [3.8, 4) is 0 Å². The molecular weight excluding hydrogens is 195 g/mol. The van der Waals surface area contributed by atoms with Crippen LogP contribution in [0.4, 0.5) is 4.39 Å². The van der Waals surface area contributed by atoms with E-state index in [0.29, 0.717) is 17.9 Å². The minimum absolute atomic E-state index is 0.283. The highest BCUT2D eigenvalue weighted by atomic mass is 19.1. The summed E-state index contributed by atoms with van der Waals surface area (Å²) in [7, 11) is 0. The van der Waals surface area contributed by atoms with Gasteiger partial charge in [0.1, 0.15) is 17.7 Å². The minimum atomic E-state index is -0.639. The van der Waals surface area contributed by atoms with Gasteiger partial charge in [0.2, 0.25) is 0 Å². The monoisotopic (exact) mass is 208 g/mol. The summed E-state index contributed by atoms with van der Waals surface area (Å²) >= 11 is 0. The van der Waals surface area contributed by atoms with Crippen molar-refractivity contribution in [3.05, 3.63) is 29.8 Å². The predicted molar refractivity (Wildman–Crippen MR) is 56.0 cm³/mol. The topological polar surface area (TPSA) is 38.0 Å². The lowest BCUT2D eigenvalue weighted by Gasteiger charge is -2.07. The number of hydrogen-bond acceptors (Lipinski definition) is 2. The van der Waals surface area contributed by atoms with Gasteiger partial charge in [0.05, 0.1) is 11.0 Å². The maximum Gasteiger partial charge on any atom is 0.138 e. The van der Waals surface area contributed by atoms with E-state index in [2.05, 4.69) is 4.98 Å². The zero-order valence-corrected chi connectivity index (χ0v) is 8.74. The minimum Gasteiger partial charge on any atom is -0.385 e. The largest absolute Gasteiger partial charge is 0.385 e. The molecule has 1 aromatic carbocycles. The summed E-state index contributed by atoms with van der Waals surface area (Å²) < 4.78 is 14.9. The van der Waals surface area contributed by atoms with Crippen LogP contribution >= 0.6 is 0 Å². The van der Waals surface area contributed by atoms with Crippen molar-refractivity contribution < 1.29 is 9.50 Å². The number of fused-ring (bicyclic) bond motifs is 1. The molecular formula is C11H13FN2O. The SMILES string of the molecule is CCn1c(C(C)O)nc2ccc(F)cc21. The van der Waals surface area contributed by atoms with Crippen molar-refractivity contribution in [2.45, 2.75) is 26.5 Å². The lowest BCUT2D eigenvalue weighted by Crippen LogP contribution is -2.04. The van der Waals surface area contributed by atoms with E-state index in [1.807, 2.05) is 11.5 Å². The van der Waals surface area contributed by atoms with Gasteiger partial charge < -0.3 is 9.67 Å². The van der Waals surface area contributed by atoms with E-state index in [4.69, 9.17) is 0 Å². The van der Waals surface area contributed by atoms with Crippen LogP contribution in [0.15, 0.2) is 18.2 Å². The number of halogens is 1. The van der Waals surface area contributed by atoms with Crippen LogP contribution in [0, 0.1) is 5.82 Å². The second-order valence-electron chi connectivity index (χ2n) is 3.52. The number of aryl methyl sites for hydroxylation is 1. The molecule has 1 aromatic heterocycles. The van der Waals surface area contributed by atoms with Crippen LogP contribution in [0.3, 0.4) is 0 Å². The fraction of sp³-hybridized carbons (Fsp3) is 0.364. The molecule has 15 heavy (non-hydrogen) atoms. The first kappa shape index (κ1) is 10.1. The Labute approximate surface area is 87.2 Å². The Balaban J connectivity index is 2.74. The summed E-state index contributed by atoms with van der Waals surface area (Å²) in [5, 5.41) is 9.53. The van der Waals surface area contributed by atoms with E-state index < -0.39 is 6.10 Å². The molecule has 1 heterocycles. The Hall–Kier alpha value is -1.42. The van der Waals surface area contributed by atoms with Gasteiger partial charge in [0.25, 0.3) is 0 Å². The van der Waals surface area contributed by atoms with Crippen LogP contribution in [0.1, 0.15) is 25.8 Å². The third kappa shape index (κ3) is 1.61. The van der Waals surface area contributed by atoms with Crippen LogP contribution in [0.2, 0.25) is 0 Å². The van der Waals surface area contributed by atoms with Gasteiger partial charge in [-0.3, -0.25) is 0 Å². The van der Waals surface area contributed by atoms with E-state index in [9.17, 15) is 9.50 Å². The van der Waals surface area contributed by atoms with Crippen molar-refractivity contribution >= 4 is 11.0 Å². The summed E-state index contributed by atoms with van der Waals surface area (Å²) in [4.78, 5) is 4.27. The van der Waals surface area contributed by atoms with E-state index in [-0.39, 0.29) is 5.82 Å². The van der Waals surface area contributed by atoms with E-state index in [0.717, 1.165) is 5.52 Å². The molecule has 1 unspecified atom stereocenters. The summed E-state index contributed by atoms with van der Waals surface area (Å²) in [6.45, 7) is 4.27. The molecule has 0 saturated heterocycles. The summed E-state index contributed by atoms with van der Waals surface area (Å²) in [6.07, 6.45) is -0.639. The molecule has 3 nitrogen and oxygen atoms in total. The number of aliphatic hydroxyl groups excluding tert-OH is 1. The van der Waals surface area contributed by atoms with Crippen molar-refractivity contribution in [2.24, 2.45) is 0 Å².